The molecule has 0 aromatic heterocycles. The maximum Gasteiger partial charge on any atom is 0.408 e. The van der Waals surface area contributed by atoms with Crippen LogP contribution >= 0.6 is 0 Å². The molecular weight excluding hydrogens is 450 g/mol. The van der Waals surface area contributed by atoms with Crippen LogP contribution in [0.3, 0.4) is 0 Å². The predicted molar refractivity (Wildman–Crippen MR) is 132 cm³/mol. The first-order valence-corrected chi connectivity index (χ1v) is 11.4. The highest BCUT2D eigenvalue weighted by Gasteiger charge is 2.39. The largest absolute Gasteiger partial charge is 0.468 e. The summed E-state index contributed by atoms with van der Waals surface area (Å²) >= 11 is 0. The van der Waals surface area contributed by atoms with Crippen molar-refractivity contribution < 1.29 is 28.7 Å². The van der Waals surface area contributed by atoms with E-state index >= 15 is 0 Å². The van der Waals surface area contributed by atoms with Crippen molar-refractivity contribution in [2.45, 2.75) is 72.2 Å². The van der Waals surface area contributed by atoms with Gasteiger partial charge in [-0.3, -0.25) is 14.4 Å². The lowest BCUT2D eigenvalue weighted by molar-refractivity contribution is -0.146. The van der Waals surface area contributed by atoms with E-state index in [0.29, 0.717) is 11.1 Å². The molecule has 2 N–H and O–H groups in total. The van der Waals surface area contributed by atoms with E-state index in [1.807, 2.05) is 0 Å². The van der Waals surface area contributed by atoms with Gasteiger partial charge in [-0.05, 0) is 52.2 Å². The van der Waals surface area contributed by atoms with Gasteiger partial charge in [-0.2, -0.15) is 0 Å². The van der Waals surface area contributed by atoms with Crippen molar-refractivity contribution in [2.24, 2.45) is 5.92 Å². The van der Waals surface area contributed by atoms with Crippen molar-refractivity contribution in [3.63, 3.8) is 0 Å². The number of amides is 3. The zero-order valence-corrected chi connectivity index (χ0v) is 21.8. The summed E-state index contributed by atoms with van der Waals surface area (Å²) < 4.78 is 9.95. The van der Waals surface area contributed by atoms with Crippen molar-refractivity contribution in [1.82, 2.24) is 15.5 Å². The van der Waals surface area contributed by atoms with Crippen LogP contribution in [-0.2, 0) is 23.9 Å². The minimum Gasteiger partial charge on any atom is -0.468 e. The summed E-state index contributed by atoms with van der Waals surface area (Å²) in [7, 11) is 1.21. The number of methoxy groups -OCH3 is 1. The molecule has 3 amide bonds. The lowest BCUT2D eigenvalue weighted by Gasteiger charge is -2.38. The average molecular weight is 488 g/mol. The Kier molecular flexibility index (Phi) is 10.8. The van der Waals surface area contributed by atoms with E-state index in [0.717, 1.165) is 0 Å². The van der Waals surface area contributed by atoms with Crippen LogP contribution in [0.5, 0.6) is 0 Å². The number of rotatable bonds is 9. The highest BCUT2D eigenvalue weighted by atomic mass is 16.6. The van der Waals surface area contributed by atoms with E-state index in [1.54, 1.807) is 72.7 Å². The van der Waals surface area contributed by atoms with E-state index in [-0.39, 0.29) is 12.5 Å². The molecule has 0 bridgehead atoms. The molecule has 2 atom stereocenters. The van der Waals surface area contributed by atoms with Crippen LogP contribution in [0, 0.1) is 18.3 Å². The van der Waals surface area contributed by atoms with Gasteiger partial charge in [-0.25, -0.2) is 4.79 Å². The summed E-state index contributed by atoms with van der Waals surface area (Å²) in [5.41, 5.74) is 0.0820. The first-order valence-electron chi connectivity index (χ1n) is 11.4. The molecule has 192 valence electrons. The molecule has 9 nitrogen and oxygen atoms in total. The summed E-state index contributed by atoms with van der Waals surface area (Å²) in [5.74, 6) is 0.481. The summed E-state index contributed by atoms with van der Waals surface area (Å²) in [6, 6.07) is 4.14. The Labute approximate surface area is 207 Å². The Morgan fingerprint density at radius 1 is 1.09 bits per heavy atom. The molecule has 9 heteroatoms. The molecule has 0 aliphatic rings. The van der Waals surface area contributed by atoms with E-state index in [1.165, 1.54) is 12.0 Å². The number of esters is 1. The van der Waals surface area contributed by atoms with Crippen molar-refractivity contribution >= 4 is 23.9 Å². The monoisotopic (exact) mass is 487 g/mol. The number of nitrogens with one attached hydrogen (secondary N) is 2. The Hall–Kier alpha value is -3.54. The number of carbonyl (C=O) groups is 4. The average Bonchev–Trinajstić information content (AvgIpc) is 2.76. The van der Waals surface area contributed by atoms with Crippen LogP contribution in [0.4, 0.5) is 4.79 Å². The number of hydrogen-bond donors (Lipinski definition) is 2. The first-order chi connectivity index (χ1) is 16.2. The van der Waals surface area contributed by atoms with Crippen molar-refractivity contribution in [1.29, 1.82) is 0 Å². The Morgan fingerprint density at radius 2 is 1.69 bits per heavy atom. The topological polar surface area (TPSA) is 114 Å². The molecule has 2 unspecified atom stereocenters. The second-order valence-corrected chi connectivity index (χ2v) is 9.64. The van der Waals surface area contributed by atoms with E-state index in [2.05, 4.69) is 21.3 Å². The number of carbonyl (C=O) groups excluding carboxylic acids is 4. The Bertz CT molecular complexity index is 959. The zero-order valence-electron chi connectivity index (χ0n) is 21.8. The van der Waals surface area contributed by atoms with Crippen LogP contribution < -0.4 is 10.6 Å². The van der Waals surface area contributed by atoms with Crippen LogP contribution in [0.1, 0.15) is 65.6 Å². The number of alkyl carbamates (subject to hydrolysis) is 1. The SMILES string of the molecule is C#Cc1ccccc1C(C(=O)NCC(=O)OC)N(C(=O)C(NC(=O)OC(C)(C)C)C(C)C)C(C)C. The maximum absolute atomic E-state index is 13.9. The summed E-state index contributed by atoms with van der Waals surface area (Å²) in [5, 5.41) is 5.17. The maximum atomic E-state index is 13.9. The van der Waals surface area contributed by atoms with Gasteiger partial charge in [0.15, 0.2) is 0 Å². The van der Waals surface area contributed by atoms with Crippen molar-refractivity contribution in [3.8, 4) is 12.3 Å². The molecular formula is C26H37N3O6. The smallest absolute Gasteiger partial charge is 0.408 e. The fourth-order valence-corrected chi connectivity index (χ4v) is 3.40. The lowest BCUT2D eigenvalue weighted by Crippen LogP contribution is -2.57. The van der Waals surface area contributed by atoms with E-state index in [4.69, 9.17) is 11.2 Å². The third-order valence-corrected chi connectivity index (χ3v) is 4.99. The highest BCUT2D eigenvalue weighted by molar-refractivity contribution is 5.93. The van der Waals surface area contributed by atoms with Gasteiger partial charge >= 0.3 is 12.1 Å². The number of terminal acetylenes is 1. The third kappa shape index (κ3) is 8.63. The molecule has 35 heavy (non-hydrogen) atoms. The molecule has 0 heterocycles. The minimum absolute atomic E-state index is 0.321. The van der Waals surface area contributed by atoms with Crippen LogP contribution in [0.2, 0.25) is 0 Å². The van der Waals surface area contributed by atoms with Gasteiger partial charge in [0.05, 0.1) is 7.11 Å². The van der Waals surface area contributed by atoms with E-state index < -0.39 is 47.6 Å². The number of hydrogen-bond acceptors (Lipinski definition) is 6. The number of nitrogens with zero attached hydrogens (tertiary/aromatic N) is 1. The number of benzene rings is 1. The van der Waals surface area contributed by atoms with Crippen LogP contribution in [0.25, 0.3) is 0 Å². The first kappa shape index (κ1) is 29.5. The van der Waals surface area contributed by atoms with Crippen LogP contribution in [0.15, 0.2) is 24.3 Å². The molecule has 0 aliphatic heterocycles. The van der Waals surface area contributed by atoms with Gasteiger partial charge in [-0.1, -0.05) is 38.0 Å². The molecule has 0 aliphatic carbocycles. The Morgan fingerprint density at radius 3 is 2.17 bits per heavy atom. The third-order valence-electron chi connectivity index (χ3n) is 4.99. The van der Waals surface area contributed by atoms with Gasteiger partial charge in [0.25, 0.3) is 0 Å². The van der Waals surface area contributed by atoms with Gasteiger partial charge in [0, 0.05) is 11.6 Å². The second kappa shape index (κ2) is 12.8. The van der Waals surface area contributed by atoms with Crippen molar-refractivity contribution in [3.05, 3.63) is 35.4 Å². The molecule has 1 aromatic carbocycles. The zero-order chi connectivity index (χ0) is 26.9. The molecule has 0 saturated heterocycles. The summed E-state index contributed by atoms with van der Waals surface area (Å²) in [4.78, 5) is 52.8. The lowest BCUT2D eigenvalue weighted by atomic mass is 9.94. The molecule has 1 rings (SSSR count). The van der Waals surface area contributed by atoms with Crippen LogP contribution in [-0.4, -0.2) is 60.1 Å². The normalized spacial score (nSPS) is 12.8. The molecule has 0 radical (unpaired) electrons. The van der Waals surface area contributed by atoms with Crippen molar-refractivity contribution in [2.75, 3.05) is 13.7 Å². The van der Waals surface area contributed by atoms with Gasteiger partial charge in [0.1, 0.15) is 24.2 Å². The summed E-state index contributed by atoms with van der Waals surface area (Å²) in [6.45, 7) is 11.8. The standard InChI is InChI=1S/C26H37N3O6/c1-10-18-13-11-12-14-19(18)22(23(31)27-15-20(30)34-9)29(17(4)5)24(32)21(16(2)3)28-25(33)35-26(6,7)8/h1,11-14,16-17,21-22H,15H2,2-9H3,(H,27,31)(H,28,33). The quantitative estimate of drug-likeness (QED) is 0.409. The predicted octanol–water partition coefficient (Wildman–Crippen LogP) is 2.78. The van der Waals surface area contributed by atoms with Gasteiger partial charge in [-0.15, -0.1) is 6.42 Å². The number of ether oxygens (including phenoxy) is 2. The van der Waals surface area contributed by atoms with Gasteiger partial charge < -0.3 is 25.0 Å². The summed E-state index contributed by atoms with van der Waals surface area (Å²) in [6.07, 6.45) is 4.94. The van der Waals surface area contributed by atoms with Gasteiger partial charge in [0.2, 0.25) is 11.8 Å². The minimum atomic E-state index is -1.17. The second-order valence-electron chi connectivity index (χ2n) is 9.64. The Balaban J connectivity index is 3.52. The fraction of sp³-hybridized carbons (Fsp3) is 0.538. The molecule has 1 aromatic rings. The molecule has 0 spiro atoms. The fourth-order valence-electron chi connectivity index (χ4n) is 3.40. The molecule has 0 saturated carbocycles. The van der Waals surface area contributed by atoms with E-state index in [9.17, 15) is 19.2 Å². The molecule has 0 fully saturated rings. The highest BCUT2D eigenvalue weighted by Crippen LogP contribution is 2.28.